The lowest BCUT2D eigenvalue weighted by molar-refractivity contribution is -0.127. The van der Waals surface area contributed by atoms with Gasteiger partial charge in [-0.2, -0.15) is 0 Å². The number of nitrogens with one attached hydrogen (secondary N) is 3. The Morgan fingerprint density at radius 1 is 1.11 bits per heavy atom. The van der Waals surface area contributed by atoms with Crippen LogP contribution in [0.25, 0.3) is 10.9 Å². The van der Waals surface area contributed by atoms with E-state index in [2.05, 4.69) is 20.3 Å². The lowest BCUT2D eigenvalue weighted by atomic mass is 9.72. The number of hydrogen-bond acceptors (Lipinski definition) is 6. The molecule has 2 atom stereocenters. The van der Waals surface area contributed by atoms with E-state index in [0.29, 0.717) is 25.2 Å². The van der Waals surface area contributed by atoms with Gasteiger partial charge in [0, 0.05) is 29.1 Å². The minimum Gasteiger partial charge on any atom is -0.489 e. The number of imide groups is 1. The van der Waals surface area contributed by atoms with Crippen LogP contribution in [0.5, 0.6) is 5.75 Å². The fourth-order valence-electron chi connectivity index (χ4n) is 5.17. The third-order valence-electron chi connectivity index (χ3n) is 7.02. The lowest BCUT2D eigenvalue weighted by Crippen LogP contribution is -2.57. The van der Waals surface area contributed by atoms with E-state index >= 15 is 0 Å². The van der Waals surface area contributed by atoms with Gasteiger partial charge in [-0.15, -0.1) is 0 Å². The van der Waals surface area contributed by atoms with Crippen molar-refractivity contribution >= 4 is 32.9 Å². The molecule has 188 valence electrons. The summed E-state index contributed by atoms with van der Waals surface area (Å²) in [5, 5.41) is 6.05. The molecule has 1 spiro atoms. The second-order valence-electron chi connectivity index (χ2n) is 9.37. The number of para-hydroxylation sites is 1. The van der Waals surface area contributed by atoms with Crippen LogP contribution in [0.4, 0.5) is 4.79 Å². The van der Waals surface area contributed by atoms with E-state index in [1.807, 2.05) is 37.3 Å². The number of hydrogen-bond donors (Lipinski definition) is 3. The van der Waals surface area contributed by atoms with Crippen molar-refractivity contribution in [3.05, 3.63) is 65.9 Å². The van der Waals surface area contributed by atoms with Gasteiger partial charge in [0.25, 0.3) is 5.91 Å². The maximum atomic E-state index is 13.0. The number of nitrogens with zero attached hydrogens (tertiary/aromatic N) is 1. The standard InChI is InChI=1S/C26H28N4O5S/c1-17-14-18(22-7-2-3-8-23(22)28-17)16-35-20-9-11-21(12-10-20)36(33,34)27-15-19-6-4-5-13-26(19)24(31)29-25(32)30-26/h2-3,7-12,14,19,27H,4-6,13,15-16H2,1H3,(H2,29,30,31,32)/t19-,26-/m1/s1. The van der Waals surface area contributed by atoms with Crippen LogP contribution in [-0.4, -0.2) is 37.4 Å². The molecule has 1 saturated heterocycles. The SMILES string of the molecule is Cc1cc(COc2ccc(S(=O)(=O)NC[C@H]3CCCC[C@@]34NC(=O)NC4=O)cc2)c2ccccc2n1. The molecule has 36 heavy (non-hydrogen) atoms. The number of sulfonamides is 1. The third-order valence-corrected chi connectivity index (χ3v) is 8.46. The zero-order valence-electron chi connectivity index (χ0n) is 19.9. The van der Waals surface area contributed by atoms with Crippen LogP contribution >= 0.6 is 0 Å². The van der Waals surface area contributed by atoms with Crippen LogP contribution in [0.3, 0.4) is 0 Å². The monoisotopic (exact) mass is 508 g/mol. The number of carbonyl (C=O) groups is 2. The first-order valence-corrected chi connectivity index (χ1v) is 13.5. The minimum atomic E-state index is -3.81. The van der Waals surface area contributed by atoms with E-state index in [0.717, 1.165) is 35.0 Å². The normalized spacial score (nSPS) is 22.0. The van der Waals surface area contributed by atoms with Crippen molar-refractivity contribution in [3.8, 4) is 5.75 Å². The van der Waals surface area contributed by atoms with Crippen molar-refractivity contribution in [2.45, 2.75) is 49.6 Å². The number of aromatic nitrogens is 1. The first-order valence-electron chi connectivity index (χ1n) is 12.0. The lowest BCUT2D eigenvalue weighted by Gasteiger charge is -2.38. The molecular weight excluding hydrogens is 480 g/mol. The molecule has 10 heteroatoms. The Morgan fingerprint density at radius 2 is 1.89 bits per heavy atom. The quantitative estimate of drug-likeness (QED) is 0.421. The first kappa shape index (κ1) is 24.2. The summed E-state index contributed by atoms with van der Waals surface area (Å²) in [5.74, 6) is -0.159. The molecule has 0 bridgehead atoms. The summed E-state index contributed by atoms with van der Waals surface area (Å²) in [7, 11) is -3.81. The topological polar surface area (TPSA) is 126 Å². The van der Waals surface area contributed by atoms with E-state index < -0.39 is 21.6 Å². The van der Waals surface area contributed by atoms with Gasteiger partial charge in [0.05, 0.1) is 10.4 Å². The first-order chi connectivity index (χ1) is 17.3. The van der Waals surface area contributed by atoms with Crippen LogP contribution in [0.1, 0.15) is 36.9 Å². The second-order valence-corrected chi connectivity index (χ2v) is 11.1. The Hall–Kier alpha value is -3.50. The molecule has 1 saturated carbocycles. The number of ether oxygens (including phenoxy) is 1. The fraction of sp³-hybridized carbons (Fsp3) is 0.346. The maximum Gasteiger partial charge on any atom is 0.322 e. The molecule has 5 rings (SSSR count). The summed E-state index contributed by atoms with van der Waals surface area (Å²) in [5.41, 5.74) is 1.75. The maximum absolute atomic E-state index is 13.0. The van der Waals surface area contributed by atoms with Crippen molar-refractivity contribution in [2.24, 2.45) is 5.92 Å². The number of urea groups is 1. The molecule has 0 radical (unpaired) electrons. The Balaban J connectivity index is 1.25. The smallest absolute Gasteiger partial charge is 0.322 e. The predicted octanol–water partition coefficient (Wildman–Crippen LogP) is 3.17. The van der Waals surface area contributed by atoms with Crippen LogP contribution in [-0.2, 0) is 21.4 Å². The fourth-order valence-corrected chi connectivity index (χ4v) is 6.26. The molecule has 0 unspecified atom stereocenters. The number of amides is 3. The number of rotatable bonds is 7. The van der Waals surface area contributed by atoms with E-state index in [1.54, 1.807) is 12.1 Å². The van der Waals surface area contributed by atoms with Gasteiger partial charge in [0.2, 0.25) is 10.0 Å². The number of pyridine rings is 1. The Morgan fingerprint density at radius 3 is 2.64 bits per heavy atom. The molecule has 9 nitrogen and oxygen atoms in total. The molecule has 2 heterocycles. The van der Waals surface area contributed by atoms with Crippen LogP contribution in [0.2, 0.25) is 0 Å². The Bertz CT molecular complexity index is 1420. The average Bonchev–Trinajstić information content (AvgIpc) is 3.14. The molecule has 1 aromatic heterocycles. The number of carbonyl (C=O) groups excluding carboxylic acids is 2. The minimum absolute atomic E-state index is 0.0583. The molecule has 3 aromatic rings. The summed E-state index contributed by atoms with van der Waals surface area (Å²) >= 11 is 0. The largest absolute Gasteiger partial charge is 0.489 e. The van der Waals surface area contributed by atoms with Crippen molar-refractivity contribution in [1.29, 1.82) is 0 Å². The van der Waals surface area contributed by atoms with Gasteiger partial charge in [0.1, 0.15) is 17.9 Å². The van der Waals surface area contributed by atoms with E-state index in [9.17, 15) is 18.0 Å². The van der Waals surface area contributed by atoms with E-state index in [1.165, 1.54) is 12.1 Å². The van der Waals surface area contributed by atoms with Gasteiger partial charge < -0.3 is 10.1 Å². The van der Waals surface area contributed by atoms with Crippen molar-refractivity contribution in [2.75, 3.05) is 6.54 Å². The highest BCUT2D eigenvalue weighted by Crippen LogP contribution is 2.36. The summed E-state index contributed by atoms with van der Waals surface area (Å²) in [4.78, 5) is 28.9. The van der Waals surface area contributed by atoms with E-state index in [-0.39, 0.29) is 23.3 Å². The predicted molar refractivity (Wildman–Crippen MR) is 134 cm³/mol. The summed E-state index contributed by atoms with van der Waals surface area (Å²) < 4.78 is 34.5. The third kappa shape index (κ3) is 4.66. The van der Waals surface area contributed by atoms with E-state index in [4.69, 9.17) is 4.74 Å². The van der Waals surface area contributed by atoms with Crippen molar-refractivity contribution in [1.82, 2.24) is 20.3 Å². The second kappa shape index (κ2) is 9.51. The van der Waals surface area contributed by atoms with Crippen molar-refractivity contribution < 1.29 is 22.7 Å². The zero-order chi connectivity index (χ0) is 25.3. The summed E-state index contributed by atoms with van der Waals surface area (Å²) in [6.07, 6.45) is 2.81. The number of aryl methyl sites for hydroxylation is 1. The van der Waals surface area contributed by atoms with Gasteiger partial charge in [-0.25, -0.2) is 17.9 Å². The van der Waals surface area contributed by atoms with Gasteiger partial charge >= 0.3 is 6.03 Å². The number of benzene rings is 2. The van der Waals surface area contributed by atoms with Crippen LogP contribution in [0.15, 0.2) is 59.5 Å². The molecule has 3 N–H and O–H groups in total. The molecule has 1 aliphatic carbocycles. The Kier molecular flexibility index (Phi) is 6.40. The average molecular weight is 509 g/mol. The van der Waals surface area contributed by atoms with Crippen molar-refractivity contribution in [3.63, 3.8) is 0 Å². The van der Waals surface area contributed by atoms with Gasteiger partial charge in [-0.1, -0.05) is 31.0 Å². The zero-order valence-corrected chi connectivity index (χ0v) is 20.7. The molecule has 2 fully saturated rings. The highest BCUT2D eigenvalue weighted by atomic mass is 32.2. The molecular formula is C26H28N4O5S. The highest BCUT2D eigenvalue weighted by Gasteiger charge is 2.52. The molecule has 1 aliphatic heterocycles. The molecule has 2 aromatic carbocycles. The van der Waals surface area contributed by atoms with Crippen LogP contribution in [0, 0.1) is 12.8 Å². The highest BCUT2D eigenvalue weighted by molar-refractivity contribution is 7.89. The summed E-state index contributed by atoms with van der Waals surface area (Å²) in [6.45, 7) is 2.32. The van der Waals surface area contributed by atoms with Gasteiger partial charge in [0.15, 0.2) is 0 Å². The molecule has 3 amide bonds. The number of fused-ring (bicyclic) bond motifs is 1. The van der Waals surface area contributed by atoms with Gasteiger partial charge in [-0.05, 0) is 56.2 Å². The molecule has 2 aliphatic rings. The Labute approximate surface area is 209 Å². The summed E-state index contributed by atoms with van der Waals surface area (Å²) in [6, 6.07) is 15.5. The van der Waals surface area contributed by atoms with Gasteiger partial charge in [-0.3, -0.25) is 15.1 Å². The van der Waals surface area contributed by atoms with Crippen LogP contribution < -0.4 is 20.1 Å².